The first-order valence-corrected chi connectivity index (χ1v) is 3.18. The van der Waals surface area contributed by atoms with Gasteiger partial charge < -0.3 is 9.47 Å². The van der Waals surface area contributed by atoms with Gasteiger partial charge in [-0.25, -0.2) is 9.59 Å². The van der Waals surface area contributed by atoms with Crippen LogP contribution < -0.4 is 0 Å². The molecule has 1 amide bonds. The average molecular weight is 173 g/mol. The van der Waals surface area contributed by atoms with Crippen LogP contribution in [0.25, 0.3) is 0 Å². The Kier molecular flexibility index (Phi) is 4.52. The Morgan fingerprint density at radius 2 is 1.83 bits per heavy atom. The molecule has 68 valence electrons. The van der Waals surface area contributed by atoms with Gasteiger partial charge in [-0.1, -0.05) is 0 Å². The Morgan fingerprint density at radius 3 is 2.25 bits per heavy atom. The molecule has 12 heavy (non-hydrogen) atoms. The van der Waals surface area contributed by atoms with Gasteiger partial charge >= 0.3 is 12.1 Å². The molecule has 0 heterocycles. The lowest BCUT2D eigenvalue weighted by Gasteiger charge is -2.08. The molecule has 0 spiro atoms. The summed E-state index contributed by atoms with van der Waals surface area (Å²) < 4.78 is 8.67. The lowest BCUT2D eigenvalue weighted by molar-refractivity contribution is -0.134. The first-order valence-electron chi connectivity index (χ1n) is 3.18. The summed E-state index contributed by atoms with van der Waals surface area (Å²) in [7, 11) is 3.97. The largest absolute Gasteiger partial charge is 0.466 e. The van der Waals surface area contributed by atoms with E-state index in [1.807, 2.05) is 0 Å². The van der Waals surface area contributed by atoms with E-state index in [0.717, 1.165) is 11.0 Å². The van der Waals surface area contributed by atoms with Crippen molar-refractivity contribution in [3.05, 3.63) is 12.3 Å². The van der Waals surface area contributed by atoms with Gasteiger partial charge in [0, 0.05) is 19.3 Å². The highest BCUT2D eigenvalue weighted by molar-refractivity contribution is 5.82. The molecule has 0 saturated carbocycles. The first-order chi connectivity index (χ1) is 5.61. The van der Waals surface area contributed by atoms with Crippen molar-refractivity contribution >= 4 is 12.1 Å². The number of rotatable bonds is 2. The zero-order valence-electron chi connectivity index (χ0n) is 7.23. The molecule has 5 nitrogen and oxygen atoms in total. The molecule has 0 unspecified atom stereocenters. The molecule has 0 atom stereocenters. The molecule has 0 radical (unpaired) electrons. The van der Waals surface area contributed by atoms with Crippen molar-refractivity contribution in [1.82, 2.24) is 4.90 Å². The lowest BCUT2D eigenvalue weighted by atomic mass is 10.6. The first kappa shape index (κ1) is 10.5. The van der Waals surface area contributed by atoms with Crippen molar-refractivity contribution in [3.8, 4) is 0 Å². The van der Waals surface area contributed by atoms with Gasteiger partial charge in [-0.3, -0.25) is 4.90 Å². The molecule has 0 rings (SSSR count). The van der Waals surface area contributed by atoms with E-state index in [4.69, 9.17) is 0 Å². The van der Waals surface area contributed by atoms with Crippen LogP contribution in [-0.4, -0.2) is 38.2 Å². The van der Waals surface area contributed by atoms with Crippen LogP contribution in [0.3, 0.4) is 0 Å². The number of carbonyl (C=O) groups is 2. The molecule has 0 aliphatic rings. The van der Waals surface area contributed by atoms with Crippen molar-refractivity contribution < 1.29 is 19.1 Å². The van der Waals surface area contributed by atoms with Crippen molar-refractivity contribution in [2.45, 2.75) is 0 Å². The Bertz CT molecular complexity index is 200. The number of carbonyl (C=O) groups excluding carboxylic acids is 2. The fourth-order valence-corrected chi connectivity index (χ4v) is 0.446. The lowest BCUT2D eigenvalue weighted by Crippen LogP contribution is -2.20. The van der Waals surface area contributed by atoms with Gasteiger partial charge in [-0.05, 0) is 0 Å². The summed E-state index contributed by atoms with van der Waals surface area (Å²) in [6.45, 7) is 0. The van der Waals surface area contributed by atoms with Crippen molar-refractivity contribution in [1.29, 1.82) is 0 Å². The van der Waals surface area contributed by atoms with Crippen molar-refractivity contribution in [3.63, 3.8) is 0 Å². The predicted octanol–water partition coefficient (Wildman–Crippen LogP) is 0.371. The third-order valence-electron chi connectivity index (χ3n) is 1.10. The Labute approximate surface area is 70.5 Å². The van der Waals surface area contributed by atoms with Crippen LogP contribution in [0.4, 0.5) is 4.79 Å². The normalized spacial score (nSPS) is 9.58. The molecule has 0 bridgehead atoms. The van der Waals surface area contributed by atoms with Crippen LogP contribution in [0, 0.1) is 0 Å². The van der Waals surface area contributed by atoms with Gasteiger partial charge in [0.05, 0.1) is 14.2 Å². The van der Waals surface area contributed by atoms with Crippen LogP contribution >= 0.6 is 0 Å². The second kappa shape index (κ2) is 5.17. The maximum atomic E-state index is 10.7. The number of hydrogen-bond donors (Lipinski definition) is 0. The van der Waals surface area contributed by atoms with E-state index in [2.05, 4.69) is 9.47 Å². The minimum absolute atomic E-state index is 0.522. The van der Waals surface area contributed by atoms with Gasteiger partial charge in [-0.2, -0.15) is 0 Å². The van der Waals surface area contributed by atoms with E-state index in [-0.39, 0.29) is 0 Å². The molecule has 0 N–H and O–H groups in total. The maximum Gasteiger partial charge on any atom is 0.413 e. The fourth-order valence-electron chi connectivity index (χ4n) is 0.446. The highest BCUT2D eigenvalue weighted by Gasteiger charge is 2.03. The molecular weight excluding hydrogens is 162 g/mol. The van der Waals surface area contributed by atoms with Crippen molar-refractivity contribution in [2.24, 2.45) is 0 Å². The Morgan fingerprint density at radius 1 is 1.25 bits per heavy atom. The molecule has 0 aromatic heterocycles. The van der Waals surface area contributed by atoms with Crippen LogP contribution in [-0.2, 0) is 14.3 Å². The zero-order chi connectivity index (χ0) is 9.56. The minimum atomic E-state index is -0.546. The number of amides is 1. The summed E-state index contributed by atoms with van der Waals surface area (Å²) in [5, 5.41) is 0. The predicted molar refractivity (Wildman–Crippen MR) is 41.3 cm³/mol. The monoisotopic (exact) mass is 173 g/mol. The van der Waals surface area contributed by atoms with Gasteiger partial charge in [0.25, 0.3) is 0 Å². The van der Waals surface area contributed by atoms with Gasteiger partial charge in [0.2, 0.25) is 0 Å². The van der Waals surface area contributed by atoms with Gasteiger partial charge in [-0.15, -0.1) is 0 Å². The Hall–Kier alpha value is -1.52. The molecule has 5 heteroatoms. The summed E-state index contributed by atoms with van der Waals surface area (Å²) in [6, 6.07) is 0. The number of esters is 1. The van der Waals surface area contributed by atoms with Crippen molar-refractivity contribution in [2.75, 3.05) is 21.3 Å². The third kappa shape index (κ3) is 3.60. The number of methoxy groups -OCH3 is 2. The molecular formula is C7H11NO4. The highest BCUT2D eigenvalue weighted by Crippen LogP contribution is 1.89. The fraction of sp³-hybridized carbons (Fsp3) is 0.429. The molecule has 0 aliphatic heterocycles. The van der Waals surface area contributed by atoms with Gasteiger partial charge in [0.1, 0.15) is 0 Å². The SMILES string of the molecule is COC(=O)/C=C/N(C)C(=O)OC. The molecule has 0 aromatic rings. The van der Waals surface area contributed by atoms with E-state index >= 15 is 0 Å². The standard InChI is InChI=1S/C7H11NO4/c1-8(7(10)12-3)5-4-6(9)11-2/h4-5H,1-3H3/b5-4+. The molecule has 0 aliphatic carbocycles. The van der Waals surface area contributed by atoms with Crippen LogP contribution in [0.5, 0.6) is 0 Å². The quantitative estimate of drug-likeness (QED) is 0.447. The minimum Gasteiger partial charge on any atom is -0.466 e. The summed E-state index contributed by atoms with van der Waals surface area (Å²) in [4.78, 5) is 22.4. The second-order valence-corrected chi connectivity index (χ2v) is 1.92. The maximum absolute atomic E-state index is 10.7. The second-order valence-electron chi connectivity index (χ2n) is 1.92. The van der Waals surface area contributed by atoms with E-state index in [9.17, 15) is 9.59 Å². The molecule has 0 saturated heterocycles. The molecule has 0 aromatic carbocycles. The van der Waals surface area contributed by atoms with Crippen LogP contribution in [0.2, 0.25) is 0 Å². The van der Waals surface area contributed by atoms with E-state index < -0.39 is 12.1 Å². The zero-order valence-corrected chi connectivity index (χ0v) is 7.23. The summed E-state index contributed by atoms with van der Waals surface area (Å²) in [5.74, 6) is -0.522. The topological polar surface area (TPSA) is 55.8 Å². The Balaban J connectivity index is 3.98. The number of nitrogens with zero attached hydrogens (tertiary/aromatic N) is 1. The average Bonchev–Trinajstić information content (AvgIpc) is 2.11. The summed E-state index contributed by atoms with van der Waals surface area (Å²) in [6.07, 6.45) is 1.84. The van der Waals surface area contributed by atoms with Crippen LogP contribution in [0.15, 0.2) is 12.3 Å². The van der Waals surface area contributed by atoms with E-state index in [1.165, 1.54) is 27.5 Å². The summed E-state index contributed by atoms with van der Waals surface area (Å²) in [5.41, 5.74) is 0. The van der Waals surface area contributed by atoms with Crippen LogP contribution in [0.1, 0.15) is 0 Å². The summed E-state index contributed by atoms with van der Waals surface area (Å²) >= 11 is 0. The number of ether oxygens (including phenoxy) is 2. The highest BCUT2D eigenvalue weighted by atomic mass is 16.5. The third-order valence-corrected chi connectivity index (χ3v) is 1.10. The molecule has 0 fully saturated rings. The van der Waals surface area contributed by atoms with E-state index in [0.29, 0.717) is 0 Å². The number of hydrogen-bond acceptors (Lipinski definition) is 4. The smallest absolute Gasteiger partial charge is 0.413 e. The van der Waals surface area contributed by atoms with Gasteiger partial charge in [0.15, 0.2) is 0 Å². The van der Waals surface area contributed by atoms with E-state index in [1.54, 1.807) is 0 Å².